The summed E-state index contributed by atoms with van der Waals surface area (Å²) in [6, 6.07) is 0.647. The van der Waals surface area contributed by atoms with Crippen molar-refractivity contribution in [2.45, 2.75) is 59.1 Å². The van der Waals surface area contributed by atoms with E-state index in [0.29, 0.717) is 12.1 Å². The molecule has 0 aromatic heterocycles. The van der Waals surface area contributed by atoms with Crippen LogP contribution in [0.1, 0.15) is 47.0 Å². The second-order valence-corrected chi connectivity index (χ2v) is 5.90. The zero-order valence-electron chi connectivity index (χ0n) is 11.7. The highest BCUT2D eigenvalue weighted by Gasteiger charge is 2.31. The van der Waals surface area contributed by atoms with Gasteiger partial charge in [-0.25, -0.2) is 0 Å². The highest BCUT2D eigenvalue weighted by molar-refractivity contribution is 4.82. The molecule has 0 heterocycles. The van der Waals surface area contributed by atoms with Crippen molar-refractivity contribution in [3.8, 4) is 0 Å². The molecule has 1 fully saturated rings. The fourth-order valence-corrected chi connectivity index (χ4v) is 2.11. The molecule has 1 saturated carbocycles. The van der Waals surface area contributed by atoms with Crippen molar-refractivity contribution in [3.05, 3.63) is 0 Å². The van der Waals surface area contributed by atoms with Gasteiger partial charge in [0.1, 0.15) is 0 Å². The fraction of sp³-hybridized carbons (Fsp3) is 1.00. The van der Waals surface area contributed by atoms with E-state index in [1.807, 2.05) is 0 Å². The van der Waals surface area contributed by atoms with Crippen LogP contribution in [-0.4, -0.2) is 37.2 Å². The van der Waals surface area contributed by atoms with Crippen LogP contribution in [0.4, 0.5) is 0 Å². The summed E-state index contributed by atoms with van der Waals surface area (Å²) in [7, 11) is 2.18. The Bertz CT molecular complexity index is 185. The molecule has 16 heavy (non-hydrogen) atoms. The standard InChI is InChI=1S/C14H29NO/c1-11(2)13-9-14(10-13)16-8-6-7-15(5)12(3)4/h11-14H,6-10H2,1-5H3. The van der Waals surface area contributed by atoms with Gasteiger partial charge in [-0.05, 0) is 52.0 Å². The van der Waals surface area contributed by atoms with Gasteiger partial charge in [0.2, 0.25) is 0 Å². The van der Waals surface area contributed by atoms with Gasteiger partial charge in [0, 0.05) is 19.2 Å². The number of hydrogen-bond donors (Lipinski definition) is 0. The zero-order chi connectivity index (χ0) is 12.1. The van der Waals surface area contributed by atoms with Crippen LogP contribution in [0.15, 0.2) is 0 Å². The van der Waals surface area contributed by atoms with Crippen molar-refractivity contribution in [2.75, 3.05) is 20.2 Å². The van der Waals surface area contributed by atoms with Crippen molar-refractivity contribution in [3.63, 3.8) is 0 Å². The molecule has 0 unspecified atom stereocenters. The lowest BCUT2D eigenvalue weighted by atomic mass is 9.75. The van der Waals surface area contributed by atoms with E-state index in [2.05, 4.69) is 39.6 Å². The van der Waals surface area contributed by atoms with Gasteiger partial charge in [-0.3, -0.25) is 0 Å². The topological polar surface area (TPSA) is 12.5 Å². The molecule has 2 nitrogen and oxygen atoms in total. The predicted molar refractivity (Wildman–Crippen MR) is 69.7 cm³/mol. The van der Waals surface area contributed by atoms with Crippen LogP contribution in [0.3, 0.4) is 0 Å². The van der Waals surface area contributed by atoms with Crippen LogP contribution in [-0.2, 0) is 4.74 Å². The van der Waals surface area contributed by atoms with E-state index in [0.717, 1.165) is 31.4 Å². The number of nitrogens with zero attached hydrogens (tertiary/aromatic N) is 1. The summed E-state index contributed by atoms with van der Waals surface area (Å²) >= 11 is 0. The number of rotatable bonds is 7. The molecule has 96 valence electrons. The van der Waals surface area contributed by atoms with Crippen molar-refractivity contribution in [1.29, 1.82) is 0 Å². The van der Waals surface area contributed by atoms with Crippen molar-refractivity contribution in [1.82, 2.24) is 4.90 Å². The van der Waals surface area contributed by atoms with E-state index in [1.54, 1.807) is 0 Å². The minimum Gasteiger partial charge on any atom is -0.378 e. The second-order valence-electron chi connectivity index (χ2n) is 5.90. The molecule has 0 radical (unpaired) electrons. The van der Waals surface area contributed by atoms with Crippen LogP contribution in [0, 0.1) is 11.8 Å². The number of hydrogen-bond acceptors (Lipinski definition) is 2. The molecule has 0 spiro atoms. The molecule has 1 aliphatic rings. The summed E-state index contributed by atoms with van der Waals surface area (Å²) in [6.07, 6.45) is 4.31. The Morgan fingerprint density at radius 2 is 1.81 bits per heavy atom. The van der Waals surface area contributed by atoms with Gasteiger partial charge in [0.15, 0.2) is 0 Å². The molecule has 0 aromatic carbocycles. The van der Waals surface area contributed by atoms with Gasteiger partial charge >= 0.3 is 0 Å². The first-order valence-corrected chi connectivity index (χ1v) is 6.82. The average molecular weight is 227 g/mol. The summed E-state index contributed by atoms with van der Waals surface area (Å²) in [4.78, 5) is 2.38. The molecule has 0 aliphatic heterocycles. The summed E-state index contributed by atoms with van der Waals surface area (Å²) in [5, 5.41) is 0. The van der Waals surface area contributed by atoms with Gasteiger partial charge in [-0.15, -0.1) is 0 Å². The Hall–Kier alpha value is -0.0800. The van der Waals surface area contributed by atoms with E-state index < -0.39 is 0 Å². The lowest BCUT2D eigenvalue weighted by molar-refractivity contribution is -0.0452. The molecule has 0 atom stereocenters. The lowest BCUT2D eigenvalue weighted by Gasteiger charge is -2.37. The Kier molecular flexibility index (Phi) is 5.77. The number of ether oxygens (including phenoxy) is 1. The van der Waals surface area contributed by atoms with E-state index in [9.17, 15) is 0 Å². The summed E-state index contributed by atoms with van der Waals surface area (Å²) in [5.74, 6) is 1.76. The molecule has 0 amide bonds. The molecule has 1 aliphatic carbocycles. The third kappa shape index (κ3) is 4.42. The van der Waals surface area contributed by atoms with Gasteiger partial charge < -0.3 is 9.64 Å². The minimum atomic E-state index is 0.566. The van der Waals surface area contributed by atoms with E-state index in [4.69, 9.17) is 4.74 Å². The average Bonchev–Trinajstić information content (AvgIpc) is 2.13. The third-order valence-electron chi connectivity index (χ3n) is 3.96. The predicted octanol–water partition coefficient (Wildman–Crippen LogP) is 3.17. The van der Waals surface area contributed by atoms with Crippen LogP contribution in [0.2, 0.25) is 0 Å². The minimum absolute atomic E-state index is 0.566. The van der Waals surface area contributed by atoms with Crippen molar-refractivity contribution < 1.29 is 4.74 Å². The zero-order valence-corrected chi connectivity index (χ0v) is 11.7. The summed E-state index contributed by atoms with van der Waals surface area (Å²) in [5.41, 5.74) is 0. The largest absolute Gasteiger partial charge is 0.378 e. The monoisotopic (exact) mass is 227 g/mol. The highest BCUT2D eigenvalue weighted by atomic mass is 16.5. The first-order chi connectivity index (χ1) is 7.50. The molecule has 2 heteroatoms. The van der Waals surface area contributed by atoms with Gasteiger partial charge in [0.05, 0.1) is 6.10 Å². The van der Waals surface area contributed by atoms with Crippen molar-refractivity contribution >= 4 is 0 Å². The lowest BCUT2D eigenvalue weighted by Crippen LogP contribution is -2.35. The third-order valence-corrected chi connectivity index (χ3v) is 3.96. The maximum atomic E-state index is 5.86. The quantitative estimate of drug-likeness (QED) is 0.619. The van der Waals surface area contributed by atoms with Gasteiger partial charge in [-0.1, -0.05) is 13.8 Å². The smallest absolute Gasteiger partial charge is 0.0580 e. The van der Waals surface area contributed by atoms with E-state index >= 15 is 0 Å². The maximum absolute atomic E-state index is 5.86. The SMILES string of the molecule is CC(C)C1CC(OCCCN(C)C(C)C)C1. The molecule has 0 aromatic rings. The normalized spacial score (nSPS) is 25.5. The van der Waals surface area contributed by atoms with Crippen molar-refractivity contribution in [2.24, 2.45) is 11.8 Å². The Morgan fingerprint density at radius 3 is 2.31 bits per heavy atom. The first kappa shape index (κ1) is 14.0. The highest BCUT2D eigenvalue weighted by Crippen LogP contribution is 2.35. The molecule has 1 rings (SSSR count). The Morgan fingerprint density at radius 1 is 1.19 bits per heavy atom. The molecule has 0 bridgehead atoms. The van der Waals surface area contributed by atoms with E-state index in [-0.39, 0.29) is 0 Å². The summed E-state index contributed by atoms with van der Waals surface area (Å²) < 4.78 is 5.86. The van der Waals surface area contributed by atoms with Gasteiger partial charge in [-0.2, -0.15) is 0 Å². The molecular formula is C14H29NO. The maximum Gasteiger partial charge on any atom is 0.0580 e. The van der Waals surface area contributed by atoms with Crippen LogP contribution in [0.5, 0.6) is 0 Å². The summed E-state index contributed by atoms with van der Waals surface area (Å²) in [6.45, 7) is 11.2. The Balaban J connectivity index is 1.94. The van der Waals surface area contributed by atoms with Crippen LogP contribution >= 0.6 is 0 Å². The van der Waals surface area contributed by atoms with E-state index in [1.165, 1.54) is 12.8 Å². The molecule has 0 saturated heterocycles. The van der Waals surface area contributed by atoms with Crippen LogP contribution < -0.4 is 0 Å². The second kappa shape index (κ2) is 6.61. The Labute approximate surface area is 101 Å². The van der Waals surface area contributed by atoms with Crippen LogP contribution in [0.25, 0.3) is 0 Å². The fourth-order valence-electron chi connectivity index (χ4n) is 2.11. The first-order valence-electron chi connectivity index (χ1n) is 6.82. The molecular weight excluding hydrogens is 198 g/mol. The van der Waals surface area contributed by atoms with Gasteiger partial charge in [0.25, 0.3) is 0 Å². The molecule has 0 N–H and O–H groups in total.